The molecular weight excluding hydrogens is 278 g/mol. The topological polar surface area (TPSA) is 74.3 Å². The molecule has 0 saturated carbocycles. The number of nitrogens with zero attached hydrogens (tertiary/aromatic N) is 7. The number of rotatable bonds is 3. The van der Waals surface area contributed by atoms with Crippen LogP contribution in [0.3, 0.4) is 0 Å². The molecule has 3 aromatic heterocycles. The molecule has 0 saturated heterocycles. The van der Waals surface area contributed by atoms with E-state index in [9.17, 15) is 0 Å². The van der Waals surface area contributed by atoms with Crippen molar-refractivity contribution in [1.29, 1.82) is 0 Å². The first-order valence-corrected chi connectivity index (χ1v) is 6.72. The SMILES string of the molecule is c1ccc(-c2nnn(-c3cccc(-n4cccn4)c3)n2)nc1. The van der Waals surface area contributed by atoms with E-state index in [1.807, 2.05) is 54.7 Å². The summed E-state index contributed by atoms with van der Waals surface area (Å²) in [7, 11) is 0. The van der Waals surface area contributed by atoms with E-state index in [0.29, 0.717) is 11.5 Å². The maximum Gasteiger partial charge on any atom is 0.223 e. The first kappa shape index (κ1) is 12.4. The van der Waals surface area contributed by atoms with Crippen molar-refractivity contribution >= 4 is 0 Å². The van der Waals surface area contributed by atoms with Crippen LogP contribution in [0.1, 0.15) is 0 Å². The quantitative estimate of drug-likeness (QED) is 0.576. The first-order valence-electron chi connectivity index (χ1n) is 6.72. The second kappa shape index (κ2) is 5.21. The number of hydrogen-bond donors (Lipinski definition) is 0. The Bertz CT molecular complexity index is 881. The second-order valence-corrected chi connectivity index (χ2v) is 4.59. The van der Waals surface area contributed by atoms with Gasteiger partial charge in [-0.2, -0.15) is 5.10 Å². The Morgan fingerprint density at radius 3 is 2.64 bits per heavy atom. The third kappa shape index (κ3) is 2.24. The van der Waals surface area contributed by atoms with Gasteiger partial charge in [0.25, 0.3) is 0 Å². The zero-order chi connectivity index (χ0) is 14.8. The number of hydrogen-bond acceptors (Lipinski definition) is 5. The Kier molecular flexibility index (Phi) is 2.93. The number of benzene rings is 1. The van der Waals surface area contributed by atoms with E-state index in [-0.39, 0.29) is 0 Å². The van der Waals surface area contributed by atoms with Crippen molar-refractivity contribution in [3.05, 3.63) is 67.1 Å². The minimum Gasteiger partial charge on any atom is -0.253 e. The van der Waals surface area contributed by atoms with Gasteiger partial charge in [-0.3, -0.25) is 4.98 Å². The molecule has 0 unspecified atom stereocenters. The van der Waals surface area contributed by atoms with Crippen molar-refractivity contribution in [1.82, 2.24) is 35.0 Å². The zero-order valence-corrected chi connectivity index (χ0v) is 11.5. The van der Waals surface area contributed by atoms with Crippen molar-refractivity contribution in [3.63, 3.8) is 0 Å². The Morgan fingerprint density at radius 2 is 1.82 bits per heavy atom. The minimum absolute atomic E-state index is 0.491. The predicted octanol–water partition coefficient (Wildman–Crippen LogP) is 1.91. The van der Waals surface area contributed by atoms with Gasteiger partial charge >= 0.3 is 0 Å². The highest BCUT2D eigenvalue weighted by Crippen LogP contribution is 2.14. The van der Waals surface area contributed by atoms with Crippen LogP contribution in [0.25, 0.3) is 22.9 Å². The molecule has 7 heteroatoms. The van der Waals surface area contributed by atoms with E-state index >= 15 is 0 Å². The average molecular weight is 289 g/mol. The predicted molar refractivity (Wildman–Crippen MR) is 79.5 cm³/mol. The molecule has 7 nitrogen and oxygen atoms in total. The summed E-state index contributed by atoms with van der Waals surface area (Å²) in [5, 5.41) is 16.7. The molecule has 0 aliphatic rings. The molecule has 0 spiro atoms. The number of pyridine rings is 1. The first-order chi connectivity index (χ1) is 10.9. The average Bonchev–Trinajstić information content (AvgIpc) is 3.28. The monoisotopic (exact) mass is 289 g/mol. The van der Waals surface area contributed by atoms with Crippen molar-refractivity contribution in [2.45, 2.75) is 0 Å². The molecular formula is C15H11N7. The lowest BCUT2D eigenvalue weighted by Crippen LogP contribution is -2.01. The van der Waals surface area contributed by atoms with Crippen LogP contribution in [-0.2, 0) is 0 Å². The van der Waals surface area contributed by atoms with Gasteiger partial charge in [0, 0.05) is 18.6 Å². The van der Waals surface area contributed by atoms with Crippen molar-refractivity contribution < 1.29 is 0 Å². The highest BCUT2D eigenvalue weighted by molar-refractivity contribution is 5.48. The van der Waals surface area contributed by atoms with Crippen LogP contribution in [-0.4, -0.2) is 35.0 Å². The van der Waals surface area contributed by atoms with Gasteiger partial charge in [0.1, 0.15) is 5.69 Å². The summed E-state index contributed by atoms with van der Waals surface area (Å²) in [5.74, 6) is 0.491. The molecule has 0 fully saturated rings. The molecule has 4 aromatic rings. The lowest BCUT2D eigenvalue weighted by atomic mass is 10.3. The van der Waals surface area contributed by atoms with Gasteiger partial charge in [-0.05, 0) is 41.6 Å². The highest BCUT2D eigenvalue weighted by atomic mass is 15.6. The molecule has 0 radical (unpaired) electrons. The molecule has 1 aromatic carbocycles. The van der Waals surface area contributed by atoms with E-state index in [1.54, 1.807) is 17.1 Å². The van der Waals surface area contributed by atoms with Crippen LogP contribution >= 0.6 is 0 Å². The molecule has 106 valence electrons. The summed E-state index contributed by atoms with van der Waals surface area (Å²) >= 11 is 0. The number of aromatic nitrogens is 7. The van der Waals surface area contributed by atoms with Crippen LogP contribution < -0.4 is 0 Å². The molecule has 0 N–H and O–H groups in total. The van der Waals surface area contributed by atoms with E-state index in [1.165, 1.54) is 4.80 Å². The zero-order valence-electron chi connectivity index (χ0n) is 11.5. The fourth-order valence-corrected chi connectivity index (χ4v) is 2.10. The second-order valence-electron chi connectivity index (χ2n) is 4.59. The molecule has 0 amide bonds. The van der Waals surface area contributed by atoms with Crippen molar-refractivity contribution in [2.75, 3.05) is 0 Å². The highest BCUT2D eigenvalue weighted by Gasteiger charge is 2.08. The van der Waals surface area contributed by atoms with Gasteiger partial charge in [0.2, 0.25) is 5.82 Å². The van der Waals surface area contributed by atoms with Crippen LogP contribution in [0, 0.1) is 0 Å². The Morgan fingerprint density at radius 1 is 0.864 bits per heavy atom. The maximum absolute atomic E-state index is 4.38. The molecule has 22 heavy (non-hydrogen) atoms. The van der Waals surface area contributed by atoms with Gasteiger partial charge < -0.3 is 0 Å². The third-order valence-electron chi connectivity index (χ3n) is 3.14. The lowest BCUT2D eigenvalue weighted by Gasteiger charge is -2.03. The van der Waals surface area contributed by atoms with Gasteiger partial charge in [-0.25, -0.2) is 4.68 Å². The molecule has 0 aliphatic heterocycles. The molecule has 3 heterocycles. The lowest BCUT2D eigenvalue weighted by molar-refractivity contribution is 0.718. The van der Waals surface area contributed by atoms with E-state index in [0.717, 1.165) is 11.4 Å². The Hall–Kier alpha value is -3.35. The van der Waals surface area contributed by atoms with Crippen molar-refractivity contribution in [3.8, 4) is 22.9 Å². The van der Waals surface area contributed by atoms with E-state index < -0.39 is 0 Å². The summed E-state index contributed by atoms with van der Waals surface area (Å²) in [6.07, 6.45) is 5.32. The van der Waals surface area contributed by atoms with Crippen LogP contribution in [0.5, 0.6) is 0 Å². The van der Waals surface area contributed by atoms with Gasteiger partial charge in [-0.1, -0.05) is 12.1 Å². The van der Waals surface area contributed by atoms with Crippen molar-refractivity contribution in [2.24, 2.45) is 0 Å². The van der Waals surface area contributed by atoms with Gasteiger partial charge in [0.05, 0.1) is 11.4 Å². The summed E-state index contributed by atoms with van der Waals surface area (Å²) in [6, 6.07) is 15.2. The summed E-state index contributed by atoms with van der Waals surface area (Å²) in [5.41, 5.74) is 2.43. The summed E-state index contributed by atoms with van der Waals surface area (Å²) in [4.78, 5) is 5.70. The molecule has 0 atom stereocenters. The minimum atomic E-state index is 0.491. The fraction of sp³-hybridized carbons (Fsp3) is 0. The van der Waals surface area contributed by atoms with E-state index in [4.69, 9.17) is 0 Å². The summed E-state index contributed by atoms with van der Waals surface area (Å²) in [6.45, 7) is 0. The normalized spacial score (nSPS) is 10.7. The van der Waals surface area contributed by atoms with Gasteiger partial charge in [0.15, 0.2) is 0 Å². The Labute approximate surface area is 125 Å². The molecule has 0 bridgehead atoms. The fourth-order valence-electron chi connectivity index (χ4n) is 2.10. The van der Waals surface area contributed by atoms with Gasteiger partial charge in [-0.15, -0.1) is 15.0 Å². The maximum atomic E-state index is 4.38. The van der Waals surface area contributed by atoms with Crippen LogP contribution in [0.15, 0.2) is 67.1 Å². The largest absolute Gasteiger partial charge is 0.253 e. The van der Waals surface area contributed by atoms with Crippen LogP contribution in [0.2, 0.25) is 0 Å². The van der Waals surface area contributed by atoms with E-state index in [2.05, 4.69) is 25.5 Å². The third-order valence-corrected chi connectivity index (χ3v) is 3.14. The molecule has 0 aliphatic carbocycles. The standard InChI is InChI=1S/C15H11N7/c1-2-8-16-14(7-1)15-18-20-22(19-15)13-6-3-5-12(11-13)21-10-4-9-17-21/h1-11H. The smallest absolute Gasteiger partial charge is 0.223 e. The van der Waals surface area contributed by atoms with Crippen LogP contribution in [0.4, 0.5) is 0 Å². The molecule has 4 rings (SSSR count). The summed E-state index contributed by atoms with van der Waals surface area (Å²) < 4.78 is 1.78. The Balaban J connectivity index is 1.71. The number of tetrazole rings is 1.